The number of ether oxygens (including phenoxy) is 1. The summed E-state index contributed by atoms with van der Waals surface area (Å²) in [4.78, 5) is 4.27. The number of aliphatic imine (C=N–C) groups is 1. The van der Waals surface area contributed by atoms with Crippen molar-refractivity contribution in [2.75, 3.05) is 7.11 Å². The standard InChI is InChI=1S/C16H13NO/c1-18-16-12-6-5-11-15(16)17-13-7-10-14-8-3-2-4-9-14/h2-6,8-9,11-13H,1H3. The lowest BCUT2D eigenvalue weighted by Crippen LogP contribution is -1.82. The van der Waals surface area contributed by atoms with E-state index in [4.69, 9.17) is 4.74 Å². The number of benzene rings is 2. The third-order valence-electron chi connectivity index (χ3n) is 2.34. The van der Waals surface area contributed by atoms with E-state index in [1.165, 1.54) is 0 Å². The van der Waals surface area contributed by atoms with Crippen LogP contribution in [0.4, 0.5) is 5.69 Å². The van der Waals surface area contributed by atoms with Crippen molar-refractivity contribution in [2.45, 2.75) is 0 Å². The van der Waals surface area contributed by atoms with E-state index in [0.29, 0.717) is 0 Å². The van der Waals surface area contributed by atoms with E-state index in [9.17, 15) is 0 Å². The molecule has 0 spiro atoms. The number of rotatable bonds is 2. The van der Waals surface area contributed by atoms with Crippen LogP contribution in [0, 0.1) is 11.8 Å². The third-order valence-corrected chi connectivity index (χ3v) is 2.34. The van der Waals surface area contributed by atoms with Crippen molar-refractivity contribution >= 4 is 11.9 Å². The van der Waals surface area contributed by atoms with Crippen molar-refractivity contribution in [3.63, 3.8) is 0 Å². The summed E-state index contributed by atoms with van der Waals surface area (Å²) in [7, 11) is 1.63. The van der Waals surface area contributed by atoms with Gasteiger partial charge in [-0.2, -0.15) is 0 Å². The summed E-state index contributed by atoms with van der Waals surface area (Å²) in [6.45, 7) is 0. The molecular weight excluding hydrogens is 222 g/mol. The number of nitrogens with zero attached hydrogens (tertiary/aromatic N) is 1. The highest BCUT2D eigenvalue weighted by Crippen LogP contribution is 2.25. The Morgan fingerprint density at radius 1 is 1.00 bits per heavy atom. The Bertz CT molecular complexity index is 591. The predicted octanol–water partition coefficient (Wildman–Crippen LogP) is 3.45. The SMILES string of the molecule is COc1ccccc1N=CC#Cc1ccccc1. The molecule has 0 N–H and O–H groups in total. The molecule has 88 valence electrons. The molecule has 2 aromatic rings. The fourth-order valence-corrected chi connectivity index (χ4v) is 1.48. The zero-order valence-electron chi connectivity index (χ0n) is 10.1. The molecule has 0 radical (unpaired) electrons. The Morgan fingerprint density at radius 2 is 1.72 bits per heavy atom. The van der Waals surface area contributed by atoms with E-state index in [-0.39, 0.29) is 0 Å². The minimum atomic E-state index is 0.746. The van der Waals surface area contributed by atoms with Gasteiger partial charge in [0.1, 0.15) is 11.4 Å². The van der Waals surface area contributed by atoms with Gasteiger partial charge in [-0.05, 0) is 30.2 Å². The van der Waals surface area contributed by atoms with Gasteiger partial charge in [0.05, 0.1) is 13.3 Å². The lowest BCUT2D eigenvalue weighted by molar-refractivity contribution is 0.416. The lowest BCUT2D eigenvalue weighted by Gasteiger charge is -2.01. The van der Waals surface area contributed by atoms with Gasteiger partial charge in [0.2, 0.25) is 0 Å². The number of hydrogen-bond acceptors (Lipinski definition) is 2. The largest absolute Gasteiger partial charge is 0.494 e. The minimum absolute atomic E-state index is 0.746. The van der Waals surface area contributed by atoms with E-state index in [1.807, 2.05) is 54.6 Å². The molecule has 2 nitrogen and oxygen atoms in total. The molecule has 0 atom stereocenters. The summed E-state index contributed by atoms with van der Waals surface area (Å²) in [6, 6.07) is 17.4. The van der Waals surface area contributed by atoms with E-state index in [0.717, 1.165) is 17.0 Å². The summed E-state index contributed by atoms with van der Waals surface area (Å²) in [5, 5.41) is 0. The summed E-state index contributed by atoms with van der Waals surface area (Å²) in [5.74, 6) is 6.66. The average molecular weight is 235 g/mol. The van der Waals surface area contributed by atoms with Gasteiger partial charge in [0, 0.05) is 5.56 Å². The maximum absolute atomic E-state index is 5.20. The van der Waals surface area contributed by atoms with Gasteiger partial charge >= 0.3 is 0 Å². The van der Waals surface area contributed by atoms with Crippen molar-refractivity contribution in [3.05, 3.63) is 60.2 Å². The highest BCUT2D eigenvalue weighted by atomic mass is 16.5. The van der Waals surface area contributed by atoms with Crippen molar-refractivity contribution in [2.24, 2.45) is 4.99 Å². The van der Waals surface area contributed by atoms with E-state index >= 15 is 0 Å². The van der Waals surface area contributed by atoms with Crippen LogP contribution in [0.2, 0.25) is 0 Å². The molecule has 0 aromatic heterocycles. The number of hydrogen-bond donors (Lipinski definition) is 0. The summed E-state index contributed by atoms with van der Waals surface area (Å²) in [6.07, 6.45) is 1.59. The van der Waals surface area contributed by atoms with Gasteiger partial charge in [-0.15, -0.1) is 0 Å². The molecule has 2 rings (SSSR count). The predicted molar refractivity (Wildman–Crippen MR) is 74.5 cm³/mol. The summed E-state index contributed by atoms with van der Waals surface area (Å²) in [5.41, 5.74) is 1.76. The molecule has 0 aliphatic rings. The maximum atomic E-state index is 5.20. The first-order chi connectivity index (χ1) is 8.90. The first-order valence-electron chi connectivity index (χ1n) is 5.62. The molecule has 0 saturated carbocycles. The van der Waals surface area contributed by atoms with Gasteiger partial charge in [-0.3, -0.25) is 0 Å². The summed E-state index contributed by atoms with van der Waals surface area (Å²) >= 11 is 0. The molecule has 2 aromatic carbocycles. The number of para-hydroxylation sites is 2. The van der Waals surface area contributed by atoms with Crippen LogP contribution < -0.4 is 4.74 Å². The fourth-order valence-electron chi connectivity index (χ4n) is 1.48. The molecule has 0 amide bonds. The second-order valence-corrected chi connectivity index (χ2v) is 3.57. The minimum Gasteiger partial charge on any atom is -0.494 e. The van der Waals surface area contributed by atoms with Gasteiger partial charge in [-0.25, -0.2) is 4.99 Å². The zero-order valence-corrected chi connectivity index (χ0v) is 10.1. The lowest BCUT2D eigenvalue weighted by atomic mass is 10.2. The van der Waals surface area contributed by atoms with Crippen LogP contribution in [-0.2, 0) is 0 Å². The summed E-state index contributed by atoms with van der Waals surface area (Å²) < 4.78 is 5.20. The first-order valence-corrected chi connectivity index (χ1v) is 5.62. The Balaban J connectivity index is 2.11. The van der Waals surface area contributed by atoms with Crippen LogP contribution >= 0.6 is 0 Å². The molecule has 0 saturated heterocycles. The molecule has 0 aliphatic carbocycles. The smallest absolute Gasteiger partial charge is 0.144 e. The van der Waals surface area contributed by atoms with E-state index in [1.54, 1.807) is 13.3 Å². The van der Waals surface area contributed by atoms with Crippen LogP contribution in [0.3, 0.4) is 0 Å². The second-order valence-electron chi connectivity index (χ2n) is 3.57. The van der Waals surface area contributed by atoms with Gasteiger partial charge < -0.3 is 4.74 Å². The van der Waals surface area contributed by atoms with Crippen LogP contribution in [0.25, 0.3) is 0 Å². The van der Waals surface area contributed by atoms with E-state index in [2.05, 4.69) is 16.8 Å². The molecule has 0 fully saturated rings. The second kappa shape index (κ2) is 6.27. The molecular formula is C16H13NO. The van der Waals surface area contributed by atoms with Crippen molar-refractivity contribution in [3.8, 4) is 17.6 Å². The van der Waals surface area contributed by atoms with Crippen LogP contribution in [-0.4, -0.2) is 13.3 Å². The van der Waals surface area contributed by atoms with Crippen LogP contribution in [0.5, 0.6) is 5.75 Å². The molecule has 18 heavy (non-hydrogen) atoms. The Labute approximate surface area is 107 Å². The number of methoxy groups -OCH3 is 1. The van der Waals surface area contributed by atoms with Gasteiger partial charge in [-0.1, -0.05) is 36.3 Å². The normalized spacial score (nSPS) is 9.83. The quantitative estimate of drug-likeness (QED) is 0.577. The fraction of sp³-hybridized carbons (Fsp3) is 0.0625. The van der Waals surface area contributed by atoms with Crippen LogP contribution in [0.1, 0.15) is 5.56 Å². The monoisotopic (exact) mass is 235 g/mol. The third kappa shape index (κ3) is 3.23. The Kier molecular flexibility index (Phi) is 4.16. The Hall–Kier alpha value is -2.53. The molecule has 0 bridgehead atoms. The maximum Gasteiger partial charge on any atom is 0.144 e. The van der Waals surface area contributed by atoms with Crippen LogP contribution in [0.15, 0.2) is 59.6 Å². The van der Waals surface area contributed by atoms with Gasteiger partial charge in [0.15, 0.2) is 0 Å². The molecule has 0 heterocycles. The van der Waals surface area contributed by atoms with Crippen molar-refractivity contribution < 1.29 is 4.74 Å². The highest BCUT2D eigenvalue weighted by Gasteiger charge is 1.96. The first kappa shape index (κ1) is 11.9. The van der Waals surface area contributed by atoms with E-state index < -0.39 is 0 Å². The van der Waals surface area contributed by atoms with Crippen molar-refractivity contribution in [1.82, 2.24) is 0 Å². The molecule has 0 unspecified atom stereocenters. The highest BCUT2D eigenvalue weighted by molar-refractivity contribution is 5.82. The van der Waals surface area contributed by atoms with Gasteiger partial charge in [0.25, 0.3) is 0 Å². The molecule has 0 aliphatic heterocycles. The zero-order chi connectivity index (χ0) is 12.6. The molecule has 2 heteroatoms. The topological polar surface area (TPSA) is 21.6 Å². The van der Waals surface area contributed by atoms with Crippen molar-refractivity contribution in [1.29, 1.82) is 0 Å². The average Bonchev–Trinajstić information content (AvgIpc) is 2.45. The Morgan fingerprint density at radius 3 is 2.50 bits per heavy atom.